The van der Waals surface area contributed by atoms with E-state index in [9.17, 15) is 14.4 Å². The molecule has 3 N–H and O–H groups in total. The second kappa shape index (κ2) is 23.8. The highest BCUT2D eigenvalue weighted by molar-refractivity contribution is 5.92. The van der Waals surface area contributed by atoms with Crippen LogP contribution in [0.5, 0.6) is 11.5 Å². The van der Waals surface area contributed by atoms with E-state index in [0.29, 0.717) is 44.3 Å². The summed E-state index contributed by atoms with van der Waals surface area (Å²) < 4.78 is 18.2. The van der Waals surface area contributed by atoms with Gasteiger partial charge in [-0.15, -0.1) is 0 Å². The fraction of sp³-hybridized carbons (Fsp3) is 0.365. The van der Waals surface area contributed by atoms with Crippen molar-refractivity contribution in [2.24, 2.45) is 11.8 Å². The molecule has 9 nitrogen and oxygen atoms in total. The van der Waals surface area contributed by atoms with E-state index in [1.165, 1.54) is 6.42 Å². The van der Waals surface area contributed by atoms with Gasteiger partial charge in [-0.1, -0.05) is 148 Å². The van der Waals surface area contributed by atoms with Gasteiger partial charge in [0.15, 0.2) is 0 Å². The summed E-state index contributed by atoms with van der Waals surface area (Å²) in [5.41, 5.74) is 5.05. The molecule has 0 spiro atoms. The number of nitrogens with one attached hydrogen (secondary N) is 3. The van der Waals surface area contributed by atoms with Crippen LogP contribution in [0.4, 0.5) is 0 Å². The van der Waals surface area contributed by atoms with E-state index in [-0.39, 0.29) is 36.8 Å². The van der Waals surface area contributed by atoms with Crippen LogP contribution in [0.3, 0.4) is 0 Å². The zero-order valence-corrected chi connectivity index (χ0v) is 35.6. The van der Waals surface area contributed by atoms with Crippen molar-refractivity contribution in [3.05, 3.63) is 167 Å². The third-order valence-corrected chi connectivity index (χ3v) is 11.1. The van der Waals surface area contributed by atoms with Crippen LogP contribution in [0, 0.1) is 11.8 Å². The zero-order valence-electron chi connectivity index (χ0n) is 35.6. The van der Waals surface area contributed by atoms with Gasteiger partial charge in [0.2, 0.25) is 17.7 Å². The lowest BCUT2D eigenvalue weighted by atomic mass is 9.86. The van der Waals surface area contributed by atoms with Gasteiger partial charge in [0, 0.05) is 12.8 Å². The quantitative estimate of drug-likeness (QED) is 0.0643. The molecule has 1 aliphatic rings. The van der Waals surface area contributed by atoms with Crippen LogP contribution < -0.4 is 25.4 Å². The van der Waals surface area contributed by atoms with Gasteiger partial charge in [0.1, 0.15) is 36.8 Å². The maximum atomic E-state index is 14.2. The summed E-state index contributed by atoms with van der Waals surface area (Å²) >= 11 is 0. The van der Waals surface area contributed by atoms with Gasteiger partial charge in [0.05, 0.1) is 19.3 Å². The predicted molar refractivity (Wildman–Crippen MR) is 240 cm³/mol. The van der Waals surface area contributed by atoms with Gasteiger partial charge in [-0.2, -0.15) is 0 Å². The molecule has 0 heterocycles. The molecule has 9 heteroatoms. The van der Waals surface area contributed by atoms with Crippen molar-refractivity contribution in [3.8, 4) is 11.5 Å². The first kappa shape index (κ1) is 44.6. The fourth-order valence-corrected chi connectivity index (χ4v) is 7.69. The largest absolute Gasteiger partial charge is 0.489 e. The van der Waals surface area contributed by atoms with E-state index in [1.54, 1.807) is 0 Å². The number of hydrogen-bond acceptors (Lipinski definition) is 6. The van der Waals surface area contributed by atoms with Crippen LogP contribution in [-0.4, -0.2) is 42.5 Å². The maximum Gasteiger partial charge on any atom is 0.243 e. The minimum atomic E-state index is -0.881. The molecule has 1 aliphatic carbocycles. The topological polar surface area (TPSA) is 115 Å². The highest BCUT2D eigenvalue weighted by atomic mass is 16.5. The lowest BCUT2D eigenvalue weighted by Crippen LogP contribution is -2.57. The third-order valence-electron chi connectivity index (χ3n) is 11.1. The molecule has 0 radical (unpaired) electrons. The lowest BCUT2D eigenvalue weighted by molar-refractivity contribution is -0.133. The molecule has 1 fully saturated rings. The number of carbonyl (C=O) groups is 3. The van der Waals surface area contributed by atoms with Crippen molar-refractivity contribution in [1.29, 1.82) is 0 Å². The summed E-state index contributed by atoms with van der Waals surface area (Å²) in [5, 5.41) is 9.29. The van der Waals surface area contributed by atoms with E-state index >= 15 is 0 Å². The van der Waals surface area contributed by atoms with E-state index in [4.69, 9.17) is 14.2 Å². The highest BCUT2D eigenvalue weighted by Gasteiger charge is 2.31. The Hall–Kier alpha value is -5.93. The van der Waals surface area contributed by atoms with Crippen LogP contribution in [0.25, 0.3) is 0 Å². The summed E-state index contributed by atoms with van der Waals surface area (Å²) in [4.78, 5) is 41.9. The molecule has 5 aromatic rings. The van der Waals surface area contributed by atoms with Gasteiger partial charge in [-0.3, -0.25) is 14.4 Å². The van der Waals surface area contributed by atoms with Crippen molar-refractivity contribution in [2.75, 3.05) is 6.61 Å². The summed E-state index contributed by atoms with van der Waals surface area (Å²) in [6, 6.07) is 43.2. The fourth-order valence-electron chi connectivity index (χ4n) is 7.69. The first-order chi connectivity index (χ1) is 29.8. The first-order valence-electron chi connectivity index (χ1n) is 21.8. The molecule has 0 bridgehead atoms. The summed E-state index contributed by atoms with van der Waals surface area (Å²) in [6.45, 7) is 5.38. The summed E-state index contributed by atoms with van der Waals surface area (Å²) in [6.07, 6.45) is 6.63. The predicted octanol–water partition coefficient (Wildman–Crippen LogP) is 8.93. The van der Waals surface area contributed by atoms with Gasteiger partial charge in [-0.25, -0.2) is 0 Å². The van der Waals surface area contributed by atoms with Crippen molar-refractivity contribution < 1.29 is 28.6 Å². The van der Waals surface area contributed by atoms with E-state index in [1.807, 2.05) is 153 Å². The SMILES string of the molecule is CC(C)[C@H](NC(=O)[C@H](Cc1ccc(OCc2ccccc2)cc1)NC(=O)CC1CCCCC1)C(=O)N[C@H](COCc1ccccc1)Cc1ccc(OCc2ccccc2)cc1. The van der Waals surface area contributed by atoms with Crippen LogP contribution in [-0.2, 0) is 51.8 Å². The third kappa shape index (κ3) is 15.2. The van der Waals surface area contributed by atoms with Gasteiger partial charge in [0.25, 0.3) is 0 Å². The Morgan fingerprint density at radius 2 is 1.03 bits per heavy atom. The standard InChI is InChI=1S/C52H61N3O6/c1-38(2)50(52(58)53-45(37-59-34-42-17-9-4-10-18-42)31-40-23-27-46(28-24-40)60-35-43-19-11-5-12-20-43)55-51(57)48(54-49(56)33-39-15-7-3-8-16-39)32-41-25-29-47(30-26-41)61-36-44-21-13-6-14-22-44/h4-6,9-14,17-30,38-39,45,48,50H,3,7-8,15-16,31-37H2,1-2H3,(H,53,58)(H,54,56)(H,55,57)/t45-,48-,50-/m0/s1. The average Bonchev–Trinajstić information content (AvgIpc) is 3.28. The van der Waals surface area contributed by atoms with E-state index < -0.39 is 18.0 Å². The van der Waals surface area contributed by atoms with E-state index in [0.717, 1.165) is 59.3 Å². The molecular weight excluding hydrogens is 763 g/mol. The molecule has 3 amide bonds. The molecule has 0 aliphatic heterocycles. The molecule has 0 saturated heterocycles. The smallest absolute Gasteiger partial charge is 0.243 e. The lowest BCUT2D eigenvalue weighted by Gasteiger charge is -2.28. The summed E-state index contributed by atoms with van der Waals surface area (Å²) in [7, 11) is 0. The molecule has 0 aromatic heterocycles. The Balaban J connectivity index is 1.12. The number of hydrogen-bond donors (Lipinski definition) is 3. The molecule has 5 aromatic carbocycles. The van der Waals surface area contributed by atoms with Crippen molar-refractivity contribution in [1.82, 2.24) is 16.0 Å². The normalized spacial score (nSPS) is 14.3. The zero-order chi connectivity index (χ0) is 42.7. The summed E-state index contributed by atoms with van der Waals surface area (Å²) in [5.74, 6) is 0.671. The van der Waals surface area contributed by atoms with Crippen LogP contribution >= 0.6 is 0 Å². The minimum Gasteiger partial charge on any atom is -0.489 e. The molecule has 6 rings (SSSR count). The Bertz CT molecular complexity index is 2050. The molecule has 320 valence electrons. The Morgan fingerprint density at radius 1 is 0.541 bits per heavy atom. The molecule has 0 unspecified atom stereocenters. The number of ether oxygens (including phenoxy) is 3. The maximum absolute atomic E-state index is 14.2. The van der Waals surface area contributed by atoms with Crippen molar-refractivity contribution in [3.63, 3.8) is 0 Å². The van der Waals surface area contributed by atoms with Crippen LogP contribution in [0.2, 0.25) is 0 Å². The van der Waals surface area contributed by atoms with Gasteiger partial charge < -0.3 is 30.2 Å². The second-order valence-corrected chi connectivity index (χ2v) is 16.5. The molecule has 3 atom stereocenters. The Kier molecular flexibility index (Phi) is 17.4. The van der Waals surface area contributed by atoms with Crippen molar-refractivity contribution in [2.45, 2.75) is 103 Å². The number of carbonyl (C=O) groups excluding carboxylic acids is 3. The number of amides is 3. The van der Waals surface area contributed by atoms with E-state index in [2.05, 4.69) is 16.0 Å². The highest BCUT2D eigenvalue weighted by Crippen LogP contribution is 2.26. The van der Waals surface area contributed by atoms with Gasteiger partial charge >= 0.3 is 0 Å². The number of rotatable bonds is 22. The van der Waals surface area contributed by atoms with Crippen LogP contribution in [0.15, 0.2) is 140 Å². The second-order valence-electron chi connectivity index (χ2n) is 16.5. The molecule has 1 saturated carbocycles. The van der Waals surface area contributed by atoms with Gasteiger partial charge in [-0.05, 0) is 83.2 Å². The average molecular weight is 824 g/mol. The van der Waals surface area contributed by atoms with Crippen LogP contribution in [0.1, 0.15) is 80.2 Å². The monoisotopic (exact) mass is 823 g/mol. The minimum absolute atomic E-state index is 0.146. The molecule has 61 heavy (non-hydrogen) atoms. The Labute approximate surface area is 361 Å². The number of benzene rings is 5. The first-order valence-corrected chi connectivity index (χ1v) is 21.8. The Morgan fingerprint density at radius 3 is 1.54 bits per heavy atom. The molecular formula is C52H61N3O6. The van der Waals surface area contributed by atoms with Crippen molar-refractivity contribution >= 4 is 17.7 Å².